The second-order valence-electron chi connectivity index (χ2n) is 3.92. The molecule has 0 saturated carbocycles. The predicted molar refractivity (Wildman–Crippen MR) is 58.6 cm³/mol. The molecule has 0 spiro atoms. The van der Waals surface area contributed by atoms with Crippen LogP contribution in [-0.2, 0) is 9.53 Å². The van der Waals surface area contributed by atoms with Crippen LogP contribution in [0.4, 0.5) is 4.79 Å². The maximum absolute atomic E-state index is 11.4. The van der Waals surface area contributed by atoms with Crippen LogP contribution in [0.15, 0.2) is 0 Å². The molecule has 1 amide bonds. The zero-order valence-electron chi connectivity index (χ0n) is 9.35. The smallest absolute Gasteiger partial charge is 0.375 e. The third-order valence-corrected chi connectivity index (χ3v) is 2.57. The van der Waals surface area contributed by atoms with E-state index in [1.807, 2.05) is 0 Å². The van der Waals surface area contributed by atoms with Crippen molar-refractivity contribution >= 4 is 12.1 Å². The second kappa shape index (κ2) is 6.44. The minimum atomic E-state index is -0.725. The third kappa shape index (κ3) is 3.79. The van der Waals surface area contributed by atoms with E-state index in [-0.39, 0.29) is 0 Å². The van der Waals surface area contributed by atoms with Gasteiger partial charge in [0.25, 0.3) is 0 Å². The van der Waals surface area contributed by atoms with Crippen LogP contribution in [0.25, 0.3) is 0 Å². The van der Waals surface area contributed by atoms with Crippen molar-refractivity contribution in [1.29, 1.82) is 0 Å². The monoisotopic (exact) mass is 229 g/mol. The summed E-state index contributed by atoms with van der Waals surface area (Å²) in [6, 6.07) is -0.725. The van der Waals surface area contributed by atoms with Crippen LogP contribution < -0.4 is 11.5 Å². The number of carbonyl (C=O) groups excluding carboxylic acids is 2. The molecule has 1 heterocycles. The van der Waals surface area contributed by atoms with Crippen LogP contribution in [0, 0.1) is 0 Å². The average molecular weight is 229 g/mol. The molecule has 0 bridgehead atoms. The molecule has 1 fully saturated rings. The molecule has 4 N–H and O–H groups in total. The van der Waals surface area contributed by atoms with E-state index in [4.69, 9.17) is 11.5 Å². The first-order valence-corrected chi connectivity index (χ1v) is 5.61. The van der Waals surface area contributed by atoms with Crippen molar-refractivity contribution in [3.05, 3.63) is 0 Å². The molecule has 92 valence electrons. The van der Waals surface area contributed by atoms with Gasteiger partial charge in [0.1, 0.15) is 6.04 Å². The van der Waals surface area contributed by atoms with Gasteiger partial charge in [-0.25, -0.2) is 9.59 Å². The number of rotatable bonds is 5. The van der Waals surface area contributed by atoms with Crippen molar-refractivity contribution < 1.29 is 14.3 Å². The number of unbranched alkanes of at least 4 members (excludes halogenated alkanes) is 1. The lowest BCUT2D eigenvalue weighted by molar-refractivity contribution is -0.140. The van der Waals surface area contributed by atoms with Crippen molar-refractivity contribution in [1.82, 2.24) is 4.90 Å². The van der Waals surface area contributed by atoms with Gasteiger partial charge in [-0.1, -0.05) is 6.42 Å². The zero-order chi connectivity index (χ0) is 12.0. The van der Waals surface area contributed by atoms with Crippen LogP contribution in [0.3, 0.4) is 0 Å². The summed E-state index contributed by atoms with van der Waals surface area (Å²) < 4.78 is 4.64. The van der Waals surface area contributed by atoms with E-state index >= 15 is 0 Å². The van der Waals surface area contributed by atoms with Gasteiger partial charge in [-0.3, -0.25) is 0 Å². The summed E-state index contributed by atoms with van der Waals surface area (Å²) in [6.45, 7) is 1.90. The lowest BCUT2D eigenvalue weighted by atomic mass is 10.1. The van der Waals surface area contributed by atoms with Gasteiger partial charge in [0.2, 0.25) is 0 Å². The number of amides is 1. The first kappa shape index (κ1) is 12.9. The molecule has 1 aliphatic heterocycles. The van der Waals surface area contributed by atoms with Crippen LogP contribution in [0.5, 0.6) is 0 Å². The summed E-state index contributed by atoms with van der Waals surface area (Å²) in [5.74, 6) is -0.645. The summed E-state index contributed by atoms with van der Waals surface area (Å²) in [6.07, 6.45) is 2.48. The molecule has 1 atom stereocenters. The van der Waals surface area contributed by atoms with Gasteiger partial charge in [0, 0.05) is 13.1 Å². The number of hydrogen-bond donors (Lipinski definition) is 2. The summed E-state index contributed by atoms with van der Waals surface area (Å²) in [4.78, 5) is 24.1. The van der Waals surface area contributed by atoms with Gasteiger partial charge in [-0.15, -0.1) is 0 Å². The van der Waals surface area contributed by atoms with E-state index in [0.29, 0.717) is 26.1 Å². The Hall–Kier alpha value is -1.14. The molecule has 0 unspecified atom stereocenters. The quantitative estimate of drug-likeness (QED) is 0.387. The first-order valence-electron chi connectivity index (χ1n) is 5.61. The molecule has 0 aromatic rings. The Bertz CT molecular complexity index is 254. The van der Waals surface area contributed by atoms with Gasteiger partial charge in [0.15, 0.2) is 0 Å². The van der Waals surface area contributed by atoms with Gasteiger partial charge >= 0.3 is 12.1 Å². The number of carbonyl (C=O) groups is 2. The van der Waals surface area contributed by atoms with E-state index in [2.05, 4.69) is 4.74 Å². The highest BCUT2D eigenvalue weighted by Crippen LogP contribution is 2.08. The Morgan fingerprint density at radius 2 is 2.00 bits per heavy atom. The molecule has 16 heavy (non-hydrogen) atoms. The Labute approximate surface area is 94.9 Å². The van der Waals surface area contributed by atoms with Crippen LogP contribution in [0.1, 0.15) is 25.7 Å². The van der Waals surface area contributed by atoms with Crippen LogP contribution in [-0.4, -0.2) is 42.6 Å². The minimum Gasteiger partial charge on any atom is -0.375 e. The summed E-state index contributed by atoms with van der Waals surface area (Å²) >= 11 is 0. The number of esters is 1. The standard InChI is InChI=1S/C10H19N3O3/c11-5-2-1-4-8(12)9(14)16-10(15)13-6-3-7-13/h8H,1-7,11-12H2/t8-/m0/s1. The molecule has 6 heteroatoms. The fourth-order valence-corrected chi connectivity index (χ4v) is 1.35. The van der Waals surface area contributed by atoms with E-state index in [1.54, 1.807) is 0 Å². The molecular weight excluding hydrogens is 210 g/mol. The fraction of sp³-hybridized carbons (Fsp3) is 0.800. The summed E-state index contributed by atoms with van der Waals surface area (Å²) in [5.41, 5.74) is 10.9. The molecule has 0 aromatic carbocycles. The second-order valence-corrected chi connectivity index (χ2v) is 3.92. The molecule has 0 aliphatic carbocycles. The van der Waals surface area contributed by atoms with Crippen LogP contribution in [0.2, 0.25) is 0 Å². The maximum Gasteiger partial charge on any atom is 0.417 e. The normalized spacial score (nSPS) is 16.5. The molecule has 0 aromatic heterocycles. The van der Waals surface area contributed by atoms with Crippen LogP contribution >= 0.6 is 0 Å². The Kier molecular flexibility index (Phi) is 5.21. The molecule has 1 saturated heterocycles. The maximum atomic E-state index is 11.4. The summed E-state index contributed by atoms with van der Waals surface area (Å²) in [7, 11) is 0. The van der Waals surface area contributed by atoms with E-state index in [1.165, 1.54) is 4.90 Å². The first-order chi connectivity index (χ1) is 7.65. The molecule has 1 rings (SSSR count). The Balaban J connectivity index is 2.19. The van der Waals surface area contributed by atoms with Gasteiger partial charge in [0.05, 0.1) is 0 Å². The van der Waals surface area contributed by atoms with Crippen molar-refractivity contribution in [2.75, 3.05) is 19.6 Å². The predicted octanol–water partition coefficient (Wildman–Crippen LogP) is -0.188. The van der Waals surface area contributed by atoms with Crippen molar-refractivity contribution in [3.63, 3.8) is 0 Å². The van der Waals surface area contributed by atoms with Gasteiger partial charge in [-0.05, 0) is 25.8 Å². The molecule has 1 aliphatic rings. The van der Waals surface area contributed by atoms with E-state index < -0.39 is 18.1 Å². The van der Waals surface area contributed by atoms with Crippen molar-refractivity contribution in [2.24, 2.45) is 11.5 Å². The van der Waals surface area contributed by atoms with Gasteiger partial charge in [-0.2, -0.15) is 0 Å². The largest absolute Gasteiger partial charge is 0.417 e. The Morgan fingerprint density at radius 1 is 1.31 bits per heavy atom. The number of likely N-dealkylation sites (tertiary alicyclic amines) is 1. The van der Waals surface area contributed by atoms with Crippen molar-refractivity contribution in [3.8, 4) is 0 Å². The Morgan fingerprint density at radius 3 is 2.50 bits per heavy atom. The van der Waals surface area contributed by atoms with Crippen molar-refractivity contribution in [2.45, 2.75) is 31.7 Å². The molecule has 0 radical (unpaired) electrons. The number of nitrogens with zero attached hydrogens (tertiary/aromatic N) is 1. The lowest BCUT2D eigenvalue weighted by Crippen LogP contribution is -2.45. The third-order valence-electron chi connectivity index (χ3n) is 2.57. The fourth-order valence-electron chi connectivity index (χ4n) is 1.35. The number of nitrogens with two attached hydrogens (primary N) is 2. The zero-order valence-corrected chi connectivity index (χ0v) is 9.35. The highest BCUT2D eigenvalue weighted by Gasteiger charge is 2.26. The summed E-state index contributed by atoms with van der Waals surface area (Å²) in [5, 5.41) is 0. The number of hydrogen-bond acceptors (Lipinski definition) is 5. The SMILES string of the molecule is NCCCC[C@H](N)C(=O)OC(=O)N1CCC1. The lowest BCUT2D eigenvalue weighted by Gasteiger charge is -2.29. The molecule has 6 nitrogen and oxygen atoms in total. The molecular formula is C10H19N3O3. The number of ether oxygens (including phenoxy) is 1. The topological polar surface area (TPSA) is 98.6 Å². The van der Waals surface area contributed by atoms with Gasteiger partial charge < -0.3 is 21.1 Å². The van der Waals surface area contributed by atoms with E-state index in [0.717, 1.165) is 19.3 Å². The van der Waals surface area contributed by atoms with E-state index in [9.17, 15) is 9.59 Å². The highest BCUT2D eigenvalue weighted by atomic mass is 16.6. The highest BCUT2D eigenvalue weighted by molar-refractivity contribution is 5.87. The minimum absolute atomic E-state index is 0.503. The average Bonchev–Trinajstić information content (AvgIpc) is 2.14.